The fourth-order valence-corrected chi connectivity index (χ4v) is 3.15. The van der Waals surface area contributed by atoms with Gasteiger partial charge in [0.15, 0.2) is 11.5 Å². The molecular formula is C22H17ClN4O5. The van der Waals surface area contributed by atoms with Crippen molar-refractivity contribution in [2.75, 3.05) is 18.5 Å². The number of urea groups is 1. The summed E-state index contributed by atoms with van der Waals surface area (Å²) in [5.41, 5.74) is 4.68. The summed E-state index contributed by atoms with van der Waals surface area (Å²) < 4.78 is 11.2. The molecule has 32 heavy (non-hydrogen) atoms. The predicted octanol–water partition coefficient (Wildman–Crippen LogP) is 4.59. The number of nitro groups is 1. The third-order valence-corrected chi connectivity index (χ3v) is 4.79. The normalized spacial score (nSPS) is 12.7. The smallest absolute Gasteiger partial charge is 0.339 e. The van der Waals surface area contributed by atoms with E-state index in [4.69, 9.17) is 21.1 Å². The Balaban J connectivity index is 1.57. The Morgan fingerprint density at radius 3 is 2.28 bits per heavy atom. The van der Waals surface area contributed by atoms with Crippen LogP contribution < -0.4 is 20.2 Å². The Labute approximate surface area is 187 Å². The molecule has 9 nitrogen and oxygen atoms in total. The Hall–Kier alpha value is -4.11. The monoisotopic (exact) mass is 452 g/mol. The molecule has 0 saturated heterocycles. The van der Waals surface area contributed by atoms with Crippen molar-refractivity contribution in [2.45, 2.75) is 0 Å². The first-order valence-corrected chi connectivity index (χ1v) is 9.92. The number of ether oxygens (including phenoxy) is 2. The standard InChI is InChI=1S/C22H17ClN4O5/c23-16-4-1-14(2-5-16)21(15-3-10-19-20(13-15)32-12-11-31-19)25-26-22(28)24-17-6-8-18(9-7-17)27(29)30/h1-10,13H,11-12H2,(H2,24,26,28)/b25-21+. The quantitative estimate of drug-likeness (QED) is 0.333. The first-order chi connectivity index (χ1) is 15.5. The van der Waals surface area contributed by atoms with E-state index in [1.165, 1.54) is 24.3 Å². The number of carbonyl (C=O) groups excluding carboxylic acids is 1. The number of halogens is 1. The van der Waals surface area contributed by atoms with Crippen LogP contribution in [-0.2, 0) is 0 Å². The molecule has 1 heterocycles. The highest BCUT2D eigenvalue weighted by Crippen LogP contribution is 2.31. The molecule has 1 aliphatic heterocycles. The average molecular weight is 453 g/mol. The van der Waals surface area contributed by atoms with E-state index in [1.54, 1.807) is 36.4 Å². The lowest BCUT2D eigenvalue weighted by Gasteiger charge is -2.19. The number of carbonyl (C=O) groups is 1. The van der Waals surface area contributed by atoms with Crippen LogP contribution >= 0.6 is 11.6 Å². The summed E-state index contributed by atoms with van der Waals surface area (Å²) in [7, 11) is 0. The number of rotatable bonds is 5. The number of hydrogen-bond acceptors (Lipinski definition) is 6. The van der Waals surface area contributed by atoms with Gasteiger partial charge in [-0.3, -0.25) is 10.1 Å². The zero-order chi connectivity index (χ0) is 22.5. The molecule has 0 bridgehead atoms. The lowest BCUT2D eigenvalue weighted by Crippen LogP contribution is -2.26. The molecule has 0 spiro atoms. The summed E-state index contributed by atoms with van der Waals surface area (Å²) in [4.78, 5) is 22.6. The molecule has 0 aromatic heterocycles. The van der Waals surface area contributed by atoms with Crippen molar-refractivity contribution >= 4 is 34.7 Å². The van der Waals surface area contributed by atoms with Gasteiger partial charge in [-0.2, -0.15) is 5.10 Å². The van der Waals surface area contributed by atoms with Crippen molar-refractivity contribution in [3.63, 3.8) is 0 Å². The van der Waals surface area contributed by atoms with Crippen LogP contribution in [0, 0.1) is 10.1 Å². The summed E-state index contributed by atoms with van der Waals surface area (Å²) >= 11 is 6.01. The van der Waals surface area contributed by atoms with Crippen molar-refractivity contribution in [2.24, 2.45) is 5.10 Å². The van der Waals surface area contributed by atoms with Crippen LogP contribution in [-0.4, -0.2) is 29.9 Å². The molecule has 0 radical (unpaired) electrons. The average Bonchev–Trinajstić information content (AvgIpc) is 2.80. The highest BCUT2D eigenvalue weighted by Gasteiger charge is 2.16. The SMILES string of the molecule is O=C(N/N=C(\c1ccc(Cl)cc1)c1ccc2c(c1)OCCO2)Nc1ccc([N+](=O)[O-])cc1. The van der Waals surface area contributed by atoms with Gasteiger partial charge in [-0.25, -0.2) is 10.2 Å². The molecule has 162 valence electrons. The molecule has 1 aliphatic rings. The lowest BCUT2D eigenvalue weighted by molar-refractivity contribution is -0.384. The van der Waals surface area contributed by atoms with E-state index < -0.39 is 11.0 Å². The second-order valence-electron chi connectivity index (χ2n) is 6.70. The fourth-order valence-electron chi connectivity index (χ4n) is 3.03. The molecule has 0 fully saturated rings. The van der Waals surface area contributed by atoms with Gasteiger partial charge < -0.3 is 14.8 Å². The number of benzene rings is 3. The number of non-ortho nitro benzene ring substituents is 1. The third-order valence-electron chi connectivity index (χ3n) is 4.54. The van der Waals surface area contributed by atoms with Crippen molar-refractivity contribution in [3.05, 3.63) is 93.0 Å². The van der Waals surface area contributed by atoms with Gasteiger partial charge in [0.2, 0.25) is 0 Å². The van der Waals surface area contributed by atoms with Gasteiger partial charge in [0.1, 0.15) is 13.2 Å². The number of hydrazone groups is 1. The third kappa shape index (κ3) is 4.96. The molecule has 10 heteroatoms. The number of fused-ring (bicyclic) bond motifs is 1. The number of amides is 2. The Kier molecular flexibility index (Phi) is 6.18. The largest absolute Gasteiger partial charge is 0.486 e. The lowest BCUT2D eigenvalue weighted by atomic mass is 10.0. The number of nitrogens with zero attached hydrogens (tertiary/aromatic N) is 2. The summed E-state index contributed by atoms with van der Waals surface area (Å²) in [6.45, 7) is 0.925. The van der Waals surface area contributed by atoms with Gasteiger partial charge in [-0.15, -0.1) is 0 Å². The molecule has 0 unspecified atom stereocenters. The van der Waals surface area contributed by atoms with Gasteiger partial charge in [-0.05, 0) is 42.5 Å². The highest BCUT2D eigenvalue weighted by molar-refractivity contribution is 6.30. The number of nitro benzene ring substituents is 1. The Bertz CT molecular complexity index is 1180. The second-order valence-corrected chi connectivity index (χ2v) is 7.13. The summed E-state index contributed by atoms with van der Waals surface area (Å²) in [5.74, 6) is 1.23. The molecule has 3 aromatic rings. The van der Waals surface area contributed by atoms with E-state index in [0.717, 1.165) is 5.56 Å². The molecular weight excluding hydrogens is 436 g/mol. The number of hydrogen-bond donors (Lipinski definition) is 2. The molecule has 0 atom stereocenters. The van der Waals surface area contributed by atoms with Gasteiger partial charge >= 0.3 is 6.03 Å². The van der Waals surface area contributed by atoms with Crippen LogP contribution in [0.2, 0.25) is 5.02 Å². The summed E-state index contributed by atoms with van der Waals surface area (Å²) in [6.07, 6.45) is 0. The van der Waals surface area contributed by atoms with Crippen LogP contribution in [0.5, 0.6) is 11.5 Å². The molecule has 3 aromatic carbocycles. The zero-order valence-corrected chi connectivity index (χ0v) is 17.3. The number of nitrogens with one attached hydrogen (secondary N) is 2. The Morgan fingerprint density at radius 2 is 1.59 bits per heavy atom. The van der Waals surface area contributed by atoms with Crippen LogP contribution in [0.3, 0.4) is 0 Å². The summed E-state index contributed by atoms with van der Waals surface area (Å²) in [5, 5.41) is 18.2. The second kappa shape index (κ2) is 9.36. The first-order valence-electron chi connectivity index (χ1n) is 9.55. The van der Waals surface area contributed by atoms with E-state index in [2.05, 4.69) is 15.8 Å². The Morgan fingerprint density at radius 1 is 0.938 bits per heavy atom. The minimum atomic E-state index is -0.608. The molecule has 0 aliphatic carbocycles. The van der Waals surface area contributed by atoms with Crippen LogP contribution in [0.25, 0.3) is 0 Å². The van der Waals surface area contributed by atoms with Crippen LogP contribution in [0.1, 0.15) is 11.1 Å². The minimum Gasteiger partial charge on any atom is -0.486 e. The van der Waals surface area contributed by atoms with Crippen LogP contribution in [0.4, 0.5) is 16.2 Å². The zero-order valence-electron chi connectivity index (χ0n) is 16.6. The topological polar surface area (TPSA) is 115 Å². The summed E-state index contributed by atoms with van der Waals surface area (Å²) in [6, 6.07) is 17.3. The van der Waals surface area contributed by atoms with Crippen molar-refractivity contribution < 1.29 is 19.2 Å². The maximum Gasteiger partial charge on any atom is 0.339 e. The van der Waals surface area contributed by atoms with Crippen molar-refractivity contribution in [1.82, 2.24) is 5.43 Å². The maximum atomic E-state index is 12.4. The maximum absolute atomic E-state index is 12.4. The first kappa shape index (κ1) is 21.1. The molecule has 4 rings (SSSR count). The van der Waals surface area contributed by atoms with Gasteiger partial charge in [0.25, 0.3) is 5.69 Å². The highest BCUT2D eigenvalue weighted by atomic mass is 35.5. The van der Waals surface area contributed by atoms with Gasteiger partial charge in [-0.1, -0.05) is 23.7 Å². The molecule has 2 N–H and O–H groups in total. The molecule has 2 amide bonds. The van der Waals surface area contributed by atoms with Crippen molar-refractivity contribution in [1.29, 1.82) is 0 Å². The predicted molar refractivity (Wildman–Crippen MR) is 120 cm³/mol. The van der Waals surface area contributed by atoms with Crippen molar-refractivity contribution in [3.8, 4) is 11.5 Å². The van der Waals surface area contributed by atoms with Gasteiger partial charge in [0, 0.05) is 34.0 Å². The van der Waals surface area contributed by atoms with Crippen LogP contribution in [0.15, 0.2) is 71.8 Å². The van der Waals surface area contributed by atoms with Gasteiger partial charge in [0.05, 0.1) is 10.6 Å². The fraction of sp³-hybridized carbons (Fsp3) is 0.0909. The van der Waals surface area contributed by atoms with E-state index in [0.29, 0.717) is 46.7 Å². The van der Waals surface area contributed by atoms with E-state index >= 15 is 0 Å². The molecule has 0 saturated carbocycles. The van der Waals surface area contributed by atoms with E-state index in [9.17, 15) is 14.9 Å². The minimum absolute atomic E-state index is 0.0717. The van der Waals surface area contributed by atoms with E-state index in [-0.39, 0.29) is 5.69 Å². The number of anilines is 1. The van der Waals surface area contributed by atoms with E-state index in [1.807, 2.05) is 6.07 Å².